The number of rotatable bonds is 5. The number of nitrogens with zero attached hydrogens (tertiary/aromatic N) is 5. The highest BCUT2D eigenvalue weighted by molar-refractivity contribution is 5.96. The van der Waals surface area contributed by atoms with Crippen molar-refractivity contribution in [3.63, 3.8) is 0 Å². The molecule has 0 unspecified atom stereocenters. The van der Waals surface area contributed by atoms with Crippen molar-refractivity contribution < 1.29 is 9.53 Å². The van der Waals surface area contributed by atoms with E-state index in [2.05, 4.69) is 20.4 Å². The predicted molar refractivity (Wildman–Crippen MR) is 127 cm³/mol. The second kappa shape index (κ2) is 8.31. The maximum Gasteiger partial charge on any atom is 0.343 e. The summed E-state index contributed by atoms with van der Waals surface area (Å²) in [6.45, 7) is 6.08. The van der Waals surface area contributed by atoms with Crippen molar-refractivity contribution in [2.24, 2.45) is 0 Å². The first-order valence-corrected chi connectivity index (χ1v) is 10.7. The van der Waals surface area contributed by atoms with Crippen LogP contribution in [0.4, 0.5) is 11.6 Å². The summed E-state index contributed by atoms with van der Waals surface area (Å²) in [7, 11) is 0. The minimum atomic E-state index is -0.478. The first kappa shape index (κ1) is 20.6. The number of esters is 1. The standard InChI is InChI=1S/C25H22N6O2/c1-4-33-25(32)18-13-27-31(22-12-16(3)17-9-7-8-15(2)23(17)30-22)24(18)29-21-14-26-19-10-5-6-11-20(19)28-21/h5-14H,4H2,1-3H3,(H,28,29). The zero-order chi connectivity index (χ0) is 22.9. The molecule has 0 radical (unpaired) electrons. The Labute approximate surface area is 190 Å². The Hall–Kier alpha value is -4.33. The molecule has 0 atom stereocenters. The molecular weight excluding hydrogens is 416 g/mol. The minimum Gasteiger partial charge on any atom is -0.462 e. The van der Waals surface area contributed by atoms with Crippen LogP contribution in [0.2, 0.25) is 0 Å². The number of hydrogen-bond donors (Lipinski definition) is 1. The number of nitrogens with one attached hydrogen (secondary N) is 1. The van der Waals surface area contributed by atoms with Gasteiger partial charge in [0.1, 0.15) is 5.56 Å². The van der Waals surface area contributed by atoms with Crippen molar-refractivity contribution in [3.8, 4) is 5.82 Å². The van der Waals surface area contributed by atoms with Gasteiger partial charge in [0.05, 0.1) is 35.6 Å². The summed E-state index contributed by atoms with van der Waals surface area (Å²) in [5.41, 5.74) is 4.81. The van der Waals surface area contributed by atoms with E-state index in [0.717, 1.165) is 33.1 Å². The van der Waals surface area contributed by atoms with Crippen LogP contribution in [0, 0.1) is 13.8 Å². The molecule has 0 saturated carbocycles. The van der Waals surface area contributed by atoms with E-state index in [-0.39, 0.29) is 12.2 Å². The molecule has 3 heterocycles. The lowest BCUT2D eigenvalue weighted by molar-refractivity contribution is 0.0527. The van der Waals surface area contributed by atoms with Crippen LogP contribution >= 0.6 is 0 Å². The maximum absolute atomic E-state index is 12.7. The highest BCUT2D eigenvalue weighted by atomic mass is 16.5. The lowest BCUT2D eigenvalue weighted by atomic mass is 10.1. The molecule has 0 bridgehead atoms. The highest BCUT2D eigenvalue weighted by Crippen LogP contribution is 2.27. The summed E-state index contributed by atoms with van der Waals surface area (Å²) in [5.74, 6) is 1.00. The van der Waals surface area contributed by atoms with Crippen LogP contribution in [-0.2, 0) is 4.74 Å². The highest BCUT2D eigenvalue weighted by Gasteiger charge is 2.22. The topological polar surface area (TPSA) is 94.8 Å². The van der Waals surface area contributed by atoms with Crippen LogP contribution in [0.3, 0.4) is 0 Å². The fourth-order valence-electron chi connectivity index (χ4n) is 3.79. The zero-order valence-corrected chi connectivity index (χ0v) is 18.5. The fraction of sp³-hybridized carbons (Fsp3) is 0.160. The summed E-state index contributed by atoms with van der Waals surface area (Å²) in [6, 6.07) is 15.6. The van der Waals surface area contributed by atoms with Crippen molar-refractivity contribution in [1.29, 1.82) is 0 Å². The van der Waals surface area contributed by atoms with Crippen LogP contribution in [-0.4, -0.2) is 37.3 Å². The average molecular weight is 438 g/mol. The van der Waals surface area contributed by atoms with Gasteiger partial charge in [-0.2, -0.15) is 9.78 Å². The third-order valence-electron chi connectivity index (χ3n) is 5.41. The Balaban J connectivity index is 1.66. The number of benzene rings is 2. The second-order valence-corrected chi connectivity index (χ2v) is 7.68. The van der Waals surface area contributed by atoms with E-state index >= 15 is 0 Å². The van der Waals surface area contributed by atoms with E-state index < -0.39 is 5.97 Å². The van der Waals surface area contributed by atoms with E-state index in [4.69, 9.17) is 9.72 Å². The van der Waals surface area contributed by atoms with Crippen LogP contribution in [0.25, 0.3) is 27.8 Å². The molecule has 5 aromatic rings. The molecule has 2 aromatic carbocycles. The summed E-state index contributed by atoms with van der Waals surface area (Å²) in [4.78, 5) is 26.6. The van der Waals surface area contributed by atoms with E-state index in [1.165, 1.54) is 6.20 Å². The Morgan fingerprint density at radius 3 is 2.64 bits per heavy atom. The molecule has 0 fully saturated rings. The van der Waals surface area contributed by atoms with Crippen molar-refractivity contribution in [2.75, 3.05) is 11.9 Å². The number of aromatic nitrogens is 5. The van der Waals surface area contributed by atoms with E-state index in [1.807, 2.05) is 62.4 Å². The van der Waals surface area contributed by atoms with Gasteiger partial charge < -0.3 is 10.1 Å². The molecule has 1 N–H and O–H groups in total. The largest absolute Gasteiger partial charge is 0.462 e. The average Bonchev–Trinajstić information content (AvgIpc) is 3.23. The van der Waals surface area contributed by atoms with Gasteiger partial charge in [0.25, 0.3) is 0 Å². The van der Waals surface area contributed by atoms with E-state index in [0.29, 0.717) is 17.5 Å². The predicted octanol–water partition coefficient (Wildman–Crippen LogP) is 4.90. The van der Waals surface area contributed by atoms with Gasteiger partial charge in [-0.05, 0) is 50.1 Å². The lowest BCUT2D eigenvalue weighted by Crippen LogP contribution is -2.11. The van der Waals surface area contributed by atoms with Gasteiger partial charge in [0.2, 0.25) is 0 Å². The monoisotopic (exact) mass is 438 g/mol. The smallest absolute Gasteiger partial charge is 0.343 e. The summed E-state index contributed by atoms with van der Waals surface area (Å²) >= 11 is 0. The molecule has 0 aliphatic rings. The van der Waals surface area contributed by atoms with Crippen molar-refractivity contribution in [2.45, 2.75) is 20.8 Å². The van der Waals surface area contributed by atoms with Gasteiger partial charge in [-0.25, -0.2) is 14.8 Å². The normalized spacial score (nSPS) is 11.1. The van der Waals surface area contributed by atoms with Gasteiger partial charge in [-0.15, -0.1) is 0 Å². The number of fused-ring (bicyclic) bond motifs is 2. The molecule has 5 rings (SSSR count). The molecule has 0 saturated heterocycles. The molecule has 3 aromatic heterocycles. The summed E-state index contributed by atoms with van der Waals surface area (Å²) in [6.07, 6.45) is 3.10. The number of carbonyl (C=O) groups is 1. The van der Waals surface area contributed by atoms with Crippen molar-refractivity contribution in [1.82, 2.24) is 24.7 Å². The molecule has 0 spiro atoms. The second-order valence-electron chi connectivity index (χ2n) is 7.68. The molecule has 8 nitrogen and oxygen atoms in total. The van der Waals surface area contributed by atoms with E-state index in [9.17, 15) is 4.79 Å². The number of para-hydroxylation sites is 3. The Morgan fingerprint density at radius 1 is 1.00 bits per heavy atom. The fourth-order valence-corrected chi connectivity index (χ4v) is 3.79. The van der Waals surface area contributed by atoms with Gasteiger partial charge in [0.15, 0.2) is 17.5 Å². The van der Waals surface area contributed by atoms with Gasteiger partial charge >= 0.3 is 5.97 Å². The van der Waals surface area contributed by atoms with Gasteiger partial charge in [-0.3, -0.25) is 4.98 Å². The molecule has 0 aliphatic carbocycles. The molecule has 164 valence electrons. The summed E-state index contributed by atoms with van der Waals surface area (Å²) in [5, 5.41) is 8.76. The summed E-state index contributed by atoms with van der Waals surface area (Å²) < 4.78 is 6.85. The van der Waals surface area contributed by atoms with Gasteiger partial charge in [0, 0.05) is 5.39 Å². The van der Waals surface area contributed by atoms with Crippen LogP contribution in [0.5, 0.6) is 0 Å². The first-order valence-electron chi connectivity index (χ1n) is 10.7. The van der Waals surface area contributed by atoms with Crippen LogP contribution < -0.4 is 5.32 Å². The Bertz CT molecular complexity index is 1510. The maximum atomic E-state index is 12.7. The quantitative estimate of drug-likeness (QED) is 0.390. The molecule has 0 aliphatic heterocycles. The molecule has 33 heavy (non-hydrogen) atoms. The number of hydrogen-bond acceptors (Lipinski definition) is 7. The van der Waals surface area contributed by atoms with Crippen LogP contribution in [0.15, 0.2) is 60.9 Å². The lowest BCUT2D eigenvalue weighted by Gasteiger charge is -2.13. The van der Waals surface area contributed by atoms with E-state index in [1.54, 1.807) is 17.8 Å². The van der Waals surface area contributed by atoms with Crippen LogP contribution in [0.1, 0.15) is 28.4 Å². The molecule has 8 heteroatoms. The molecular formula is C25H22N6O2. The zero-order valence-electron chi connectivity index (χ0n) is 18.5. The number of anilines is 2. The SMILES string of the molecule is CCOC(=O)c1cnn(-c2cc(C)c3cccc(C)c3n2)c1Nc1cnc2ccccc2n1. The molecule has 0 amide bonds. The number of carbonyl (C=O) groups excluding carboxylic acids is 1. The van der Waals surface area contributed by atoms with Gasteiger partial charge in [-0.1, -0.05) is 30.3 Å². The third kappa shape index (κ3) is 3.76. The first-order chi connectivity index (χ1) is 16.0. The number of pyridine rings is 1. The number of aryl methyl sites for hydroxylation is 2. The van der Waals surface area contributed by atoms with Crippen molar-refractivity contribution in [3.05, 3.63) is 77.6 Å². The Kier molecular flexibility index (Phi) is 5.18. The van der Waals surface area contributed by atoms with Crippen molar-refractivity contribution >= 4 is 39.5 Å². The Morgan fingerprint density at radius 2 is 1.82 bits per heavy atom. The number of ether oxygens (including phenoxy) is 1. The minimum absolute atomic E-state index is 0.256. The third-order valence-corrected chi connectivity index (χ3v) is 5.41.